The Morgan fingerprint density at radius 1 is 1.13 bits per heavy atom. The van der Waals surface area contributed by atoms with Crippen LogP contribution in [0.25, 0.3) is 0 Å². The van der Waals surface area contributed by atoms with Crippen molar-refractivity contribution in [3.63, 3.8) is 0 Å². The molecule has 0 aliphatic carbocycles. The van der Waals surface area contributed by atoms with E-state index in [1.807, 2.05) is 31.2 Å². The third kappa shape index (κ3) is 3.83. The van der Waals surface area contributed by atoms with Crippen LogP contribution in [0.15, 0.2) is 60.9 Å². The van der Waals surface area contributed by atoms with Crippen molar-refractivity contribution in [2.24, 2.45) is 0 Å². The second-order valence-electron chi connectivity index (χ2n) is 5.32. The lowest BCUT2D eigenvalue weighted by Gasteiger charge is -2.09. The van der Waals surface area contributed by atoms with Crippen molar-refractivity contribution in [2.75, 3.05) is 5.32 Å². The average Bonchev–Trinajstić information content (AvgIpc) is 3.01. The molecule has 0 aliphatic rings. The number of carbonyl (C=O) groups excluding carboxylic acids is 1. The monoisotopic (exact) mass is 306 g/mol. The number of aryl methyl sites for hydroxylation is 3. The van der Waals surface area contributed by atoms with Gasteiger partial charge in [-0.1, -0.05) is 30.3 Å². The number of nitrogens with zero attached hydrogens (tertiary/aromatic N) is 3. The summed E-state index contributed by atoms with van der Waals surface area (Å²) in [5, 5.41) is 7.16. The van der Waals surface area contributed by atoms with Gasteiger partial charge in [0.2, 0.25) is 0 Å². The van der Waals surface area contributed by atoms with Crippen molar-refractivity contribution in [3.8, 4) is 0 Å². The molecule has 0 saturated heterocycles. The predicted octanol–water partition coefficient (Wildman–Crippen LogP) is 3.08. The molecule has 1 N–H and O–H groups in total. The number of carbonyl (C=O) groups is 1. The van der Waals surface area contributed by atoms with E-state index >= 15 is 0 Å². The Hall–Kier alpha value is -2.95. The van der Waals surface area contributed by atoms with Crippen molar-refractivity contribution < 1.29 is 4.79 Å². The van der Waals surface area contributed by atoms with Gasteiger partial charge in [0.05, 0.1) is 11.8 Å². The largest absolute Gasteiger partial charge is 0.307 e. The molecular formula is C18H18N4O. The predicted molar refractivity (Wildman–Crippen MR) is 89.3 cm³/mol. The highest BCUT2D eigenvalue weighted by molar-refractivity contribution is 6.03. The molecule has 5 nitrogen and oxygen atoms in total. The topological polar surface area (TPSA) is 59.8 Å². The van der Waals surface area contributed by atoms with E-state index in [0.29, 0.717) is 17.9 Å². The molecule has 0 radical (unpaired) electrons. The second-order valence-corrected chi connectivity index (χ2v) is 5.32. The highest BCUT2D eigenvalue weighted by atomic mass is 16.1. The first-order chi connectivity index (χ1) is 11.2. The quantitative estimate of drug-likeness (QED) is 0.788. The van der Waals surface area contributed by atoms with E-state index in [1.165, 1.54) is 5.56 Å². The molecule has 0 spiro atoms. The molecule has 116 valence electrons. The lowest BCUT2D eigenvalue weighted by atomic mass is 10.1. The van der Waals surface area contributed by atoms with Gasteiger partial charge in [-0.15, -0.1) is 0 Å². The summed E-state index contributed by atoms with van der Waals surface area (Å²) in [5.41, 5.74) is 2.66. The van der Waals surface area contributed by atoms with Crippen LogP contribution < -0.4 is 5.32 Å². The SMILES string of the molecule is Cc1ccc(C(=O)Nc2ccnn2CCc2ccccc2)cn1. The van der Waals surface area contributed by atoms with Gasteiger partial charge in [0.15, 0.2) is 0 Å². The molecule has 5 heteroatoms. The van der Waals surface area contributed by atoms with Crippen LogP contribution in [0.2, 0.25) is 0 Å². The smallest absolute Gasteiger partial charge is 0.258 e. The second kappa shape index (κ2) is 6.87. The number of benzene rings is 1. The van der Waals surface area contributed by atoms with Crippen LogP contribution in [0, 0.1) is 6.92 Å². The summed E-state index contributed by atoms with van der Waals surface area (Å²) in [5.74, 6) is 0.505. The van der Waals surface area contributed by atoms with Gasteiger partial charge in [-0.2, -0.15) is 5.10 Å². The zero-order valence-corrected chi connectivity index (χ0v) is 12.9. The fourth-order valence-electron chi connectivity index (χ4n) is 2.29. The van der Waals surface area contributed by atoms with E-state index in [4.69, 9.17) is 0 Å². The Morgan fingerprint density at radius 2 is 1.96 bits per heavy atom. The molecule has 1 amide bonds. The molecule has 0 aliphatic heterocycles. The summed E-state index contributed by atoms with van der Waals surface area (Å²) in [4.78, 5) is 16.4. The van der Waals surface area contributed by atoms with Gasteiger partial charge in [0.25, 0.3) is 5.91 Å². The molecule has 0 saturated carbocycles. The number of aromatic nitrogens is 3. The minimum absolute atomic E-state index is 0.182. The average molecular weight is 306 g/mol. The number of amides is 1. The van der Waals surface area contributed by atoms with Crippen LogP contribution in [0.5, 0.6) is 0 Å². The van der Waals surface area contributed by atoms with Gasteiger partial charge in [-0.3, -0.25) is 9.78 Å². The normalized spacial score (nSPS) is 10.5. The summed E-state index contributed by atoms with van der Waals surface area (Å²) >= 11 is 0. The first-order valence-electron chi connectivity index (χ1n) is 7.52. The van der Waals surface area contributed by atoms with Crippen LogP contribution in [0.4, 0.5) is 5.82 Å². The van der Waals surface area contributed by atoms with Gasteiger partial charge in [-0.25, -0.2) is 4.68 Å². The van der Waals surface area contributed by atoms with E-state index in [2.05, 4.69) is 27.5 Å². The van der Waals surface area contributed by atoms with Crippen LogP contribution in [-0.4, -0.2) is 20.7 Å². The molecule has 3 rings (SSSR count). The highest BCUT2D eigenvalue weighted by Gasteiger charge is 2.10. The Kier molecular flexibility index (Phi) is 4.47. The fourth-order valence-corrected chi connectivity index (χ4v) is 2.29. The minimum Gasteiger partial charge on any atom is -0.307 e. The molecule has 0 unspecified atom stereocenters. The van der Waals surface area contributed by atoms with Gasteiger partial charge >= 0.3 is 0 Å². The maximum absolute atomic E-state index is 12.3. The molecule has 2 aromatic heterocycles. The summed E-state index contributed by atoms with van der Waals surface area (Å²) in [6.07, 6.45) is 4.13. The lowest BCUT2D eigenvalue weighted by molar-refractivity contribution is 0.102. The maximum atomic E-state index is 12.3. The Balaban J connectivity index is 1.66. The highest BCUT2D eigenvalue weighted by Crippen LogP contribution is 2.11. The van der Waals surface area contributed by atoms with Crippen molar-refractivity contribution >= 4 is 11.7 Å². The summed E-state index contributed by atoms with van der Waals surface area (Å²) in [7, 11) is 0. The standard InChI is InChI=1S/C18H18N4O/c1-14-7-8-16(13-19-14)18(23)21-17-9-11-20-22(17)12-10-15-5-3-2-4-6-15/h2-9,11,13H,10,12H2,1H3,(H,21,23). The van der Waals surface area contributed by atoms with E-state index in [1.54, 1.807) is 29.2 Å². The van der Waals surface area contributed by atoms with E-state index in [-0.39, 0.29) is 5.91 Å². The molecule has 0 fully saturated rings. The van der Waals surface area contributed by atoms with Crippen molar-refractivity contribution in [2.45, 2.75) is 19.9 Å². The number of hydrogen-bond acceptors (Lipinski definition) is 3. The molecule has 3 aromatic rings. The summed E-state index contributed by atoms with van der Waals surface area (Å²) in [6.45, 7) is 2.60. The van der Waals surface area contributed by atoms with Gasteiger partial charge < -0.3 is 5.32 Å². The number of nitrogens with one attached hydrogen (secondary N) is 1. The number of hydrogen-bond donors (Lipinski definition) is 1. The molecule has 0 atom stereocenters. The van der Waals surface area contributed by atoms with Crippen LogP contribution in [0.1, 0.15) is 21.6 Å². The Bertz CT molecular complexity index is 778. The van der Waals surface area contributed by atoms with Gasteiger partial charge in [0.1, 0.15) is 5.82 Å². The van der Waals surface area contributed by atoms with Crippen LogP contribution >= 0.6 is 0 Å². The molecule has 0 bridgehead atoms. The molecule has 23 heavy (non-hydrogen) atoms. The lowest BCUT2D eigenvalue weighted by Crippen LogP contribution is -2.16. The number of rotatable bonds is 5. The third-order valence-corrected chi connectivity index (χ3v) is 3.59. The maximum Gasteiger partial charge on any atom is 0.258 e. The first-order valence-corrected chi connectivity index (χ1v) is 7.52. The summed E-state index contributed by atoms with van der Waals surface area (Å²) < 4.78 is 1.80. The summed E-state index contributed by atoms with van der Waals surface area (Å²) in [6, 6.07) is 15.6. The van der Waals surface area contributed by atoms with Gasteiger partial charge in [-0.05, 0) is 31.0 Å². The van der Waals surface area contributed by atoms with Crippen molar-refractivity contribution in [1.82, 2.24) is 14.8 Å². The first kappa shape index (κ1) is 15.0. The zero-order chi connectivity index (χ0) is 16.1. The van der Waals surface area contributed by atoms with Crippen molar-refractivity contribution in [1.29, 1.82) is 0 Å². The van der Waals surface area contributed by atoms with E-state index in [0.717, 1.165) is 12.1 Å². The molecule has 1 aromatic carbocycles. The van der Waals surface area contributed by atoms with E-state index in [9.17, 15) is 4.79 Å². The zero-order valence-electron chi connectivity index (χ0n) is 12.9. The Labute approximate surface area is 135 Å². The van der Waals surface area contributed by atoms with Crippen molar-refractivity contribution in [3.05, 3.63) is 77.7 Å². The van der Waals surface area contributed by atoms with E-state index < -0.39 is 0 Å². The molecule has 2 heterocycles. The number of anilines is 1. The minimum atomic E-state index is -0.182. The molecular weight excluding hydrogens is 288 g/mol. The Morgan fingerprint density at radius 3 is 2.70 bits per heavy atom. The van der Waals surface area contributed by atoms with Crippen LogP contribution in [0.3, 0.4) is 0 Å². The third-order valence-electron chi connectivity index (χ3n) is 3.59. The fraction of sp³-hybridized carbons (Fsp3) is 0.167. The number of pyridine rings is 1. The van der Waals surface area contributed by atoms with Gasteiger partial charge in [0, 0.05) is 24.5 Å². The van der Waals surface area contributed by atoms with Crippen LogP contribution in [-0.2, 0) is 13.0 Å².